The van der Waals surface area contributed by atoms with Crippen molar-refractivity contribution in [3.05, 3.63) is 131 Å². The van der Waals surface area contributed by atoms with E-state index >= 15 is 0 Å². The van der Waals surface area contributed by atoms with Crippen molar-refractivity contribution in [3.63, 3.8) is 0 Å². The Morgan fingerprint density at radius 1 is 0.731 bits per heavy atom. The highest BCUT2D eigenvalue weighted by Gasteiger charge is 2.32. The van der Waals surface area contributed by atoms with Crippen LogP contribution in [0.1, 0.15) is 77.7 Å². The number of ether oxygens (including phenoxy) is 2. The number of unbranched alkanes of at least 4 members (excludes halogenated alkanes) is 1. The summed E-state index contributed by atoms with van der Waals surface area (Å²) in [6.45, 7) is 6.77. The van der Waals surface area contributed by atoms with Gasteiger partial charge in [0.25, 0.3) is 0 Å². The van der Waals surface area contributed by atoms with E-state index in [4.69, 9.17) is 9.47 Å². The van der Waals surface area contributed by atoms with Crippen molar-refractivity contribution in [3.8, 4) is 11.5 Å². The molecule has 0 spiro atoms. The number of nitrogens with zero attached hydrogens (tertiary/aromatic N) is 2. The van der Waals surface area contributed by atoms with Crippen molar-refractivity contribution in [1.29, 1.82) is 0 Å². The molecule has 0 bridgehead atoms. The first-order valence-electron chi connectivity index (χ1n) is 18.7. The molecular weight excluding hydrogens is 651 g/mol. The number of carbonyl (C=O) groups is 3. The Kier molecular flexibility index (Phi) is 13.2. The zero-order valence-corrected chi connectivity index (χ0v) is 30.3. The van der Waals surface area contributed by atoms with Crippen molar-refractivity contribution in [2.45, 2.75) is 56.3 Å². The summed E-state index contributed by atoms with van der Waals surface area (Å²) in [7, 11) is 2.21. The van der Waals surface area contributed by atoms with Gasteiger partial charge in [-0.15, -0.1) is 0 Å². The monoisotopic (exact) mass is 701 g/mol. The average Bonchev–Trinajstić information content (AvgIpc) is 3.18. The largest absolute Gasteiger partial charge is 0.494 e. The Labute approximate surface area is 308 Å². The van der Waals surface area contributed by atoms with Gasteiger partial charge in [-0.1, -0.05) is 78.9 Å². The van der Waals surface area contributed by atoms with Crippen molar-refractivity contribution < 1.29 is 23.9 Å². The first kappa shape index (κ1) is 37.0. The molecule has 8 nitrogen and oxygen atoms in total. The van der Waals surface area contributed by atoms with Crippen LogP contribution in [0.5, 0.6) is 11.5 Å². The third-order valence-electron chi connectivity index (χ3n) is 10.5. The smallest absolute Gasteiger partial charge is 0.234 e. The van der Waals surface area contributed by atoms with Gasteiger partial charge in [0.05, 0.1) is 12.5 Å². The van der Waals surface area contributed by atoms with E-state index in [2.05, 4.69) is 101 Å². The van der Waals surface area contributed by atoms with Gasteiger partial charge in [-0.2, -0.15) is 0 Å². The van der Waals surface area contributed by atoms with Gasteiger partial charge < -0.3 is 19.3 Å². The summed E-state index contributed by atoms with van der Waals surface area (Å²) in [5.74, 6) is 1.60. The van der Waals surface area contributed by atoms with Crippen LogP contribution in [0.25, 0.3) is 0 Å². The minimum Gasteiger partial charge on any atom is -0.494 e. The van der Waals surface area contributed by atoms with Gasteiger partial charge in [-0.05, 0) is 104 Å². The molecule has 3 aliphatic rings. The van der Waals surface area contributed by atoms with Gasteiger partial charge in [-0.25, -0.2) is 0 Å². The van der Waals surface area contributed by atoms with E-state index in [1.54, 1.807) is 18.2 Å². The van der Waals surface area contributed by atoms with Crippen LogP contribution in [-0.4, -0.2) is 80.9 Å². The summed E-state index contributed by atoms with van der Waals surface area (Å²) < 4.78 is 11.3. The number of hydrogen-bond acceptors (Lipinski definition) is 7. The van der Waals surface area contributed by atoms with Crippen LogP contribution in [0.3, 0.4) is 0 Å². The highest BCUT2D eigenvalue weighted by atomic mass is 16.5. The highest BCUT2D eigenvalue weighted by molar-refractivity contribution is 6.00. The van der Waals surface area contributed by atoms with E-state index in [1.165, 1.54) is 67.8 Å². The summed E-state index contributed by atoms with van der Waals surface area (Å²) in [5, 5.41) is 2.32. The first-order chi connectivity index (χ1) is 25.5. The topological polar surface area (TPSA) is 88.2 Å². The number of aryl methyl sites for hydroxylation is 1. The number of piperazine rings is 1. The lowest BCUT2D eigenvalue weighted by Gasteiger charge is -2.34. The molecule has 7 rings (SSSR count). The zero-order valence-electron chi connectivity index (χ0n) is 30.3. The molecule has 1 aliphatic carbocycles. The maximum atomic E-state index is 11.7. The third kappa shape index (κ3) is 9.96. The maximum absolute atomic E-state index is 11.7. The number of fused-ring (bicyclic) bond motifs is 1. The molecule has 3 atom stereocenters. The fourth-order valence-corrected chi connectivity index (χ4v) is 7.66. The number of hydrogen-bond donors (Lipinski definition) is 1. The van der Waals surface area contributed by atoms with Crippen LogP contribution in [-0.2, 0) is 20.8 Å². The summed E-state index contributed by atoms with van der Waals surface area (Å²) >= 11 is 0. The number of rotatable bonds is 12. The molecule has 0 saturated carbocycles. The average molecular weight is 702 g/mol. The molecule has 2 heterocycles. The van der Waals surface area contributed by atoms with E-state index in [1.807, 2.05) is 6.07 Å². The number of carbonyl (C=O) groups excluding carboxylic acids is 3. The van der Waals surface area contributed by atoms with Gasteiger partial charge in [0.15, 0.2) is 6.29 Å². The number of benzene rings is 4. The minimum atomic E-state index is -0.331. The van der Waals surface area contributed by atoms with Crippen LogP contribution in [0.4, 0.5) is 0 Å². The predicted octanol–water partition coefficient (Wildman–Crippen LogP) is 6.74. The van der Waals surface area contributed by atoms with Gasteiger partial charge in [-0.3, -0.25) is 19.7 Å². The number of likely N-dealkylation sites (N-methyl/N-ethyl adjacent to an activating group) is 1. The molecule has 3 unspecified atom stereocenters. The molecule has 2 aliphatic heterocycles. The second kappa shape index (κ2) is 18.6. The number of nitrogens with one attached hydrogen (secondary N) is 1. The van der Waals surface area contributed by atoms with Crippen LogP contribution in [0.15, 0.2) is 103 Å². The van der Waals surface area contributed by atoms with E-state index < -0.39 is 0 Å². The number of imide groups is 1. The zero-order chi connectivity index (χ0) is 36.1. The second-order valence-corrected chi connectivity index (χ2v) is 14.1. The lowest BCUT2D eigenvalue weighted by molar-refractivity contribution is -0.134. The number of amides is 2. The van der Waals surface area contributed by atoms with Crippen molar-refractivity contribution >= 4 is 18.1 Å². The molecule has 2 fully saturated rings. The van der Waals surface area contributed by atoms with E-state index in [0.29, 0.717) is 36.7 Å². The molecule has 0 radical (unpaired) electrons. The van der Waals surface area contributed by atoms with Crippen LogP contribution in [0.2, 0.25) is 0 Å². The van der Waals surface area contributed by atoms with E-state index in [9.17, 15) is 14.4 Å². The molecule has 4 aromatic rings. The van der Waals surface area contributed by atoms with Crippen molar-refractivity contribution in [2.75, 3.05) is 53.0 Å². The second-order valence-electron chi connectivity index (χ2n) is 14.1. The number of piperidine rings is 1. The quantitative estimate of drug-likeness (QED) is 0.0995. The van der Waals surface area contributed by atoms with Gasteiger partial charge in [0, 0.05) is 38.5 Å². The lowest BCUT2D eigenvalue weighted by Crippen LogP contribution is -2.44. The molecule has 2 saturated heterocycles. The predicted molar refractivity (Wildman–Crippen MR) is 204 cm³/mol. The van der Waals surface area contributed by atoms with Gasteiger partial charge in [0.2, 0.25) is 11.8 Å². The van der Waals surface area contributed by atoms with Crippen LogP contribution >= 0.6 is 0 Å². The Balaban J connectivity index is 0.000000217. The number of aldehydes is 1. The molecular formula is C44H51N3O5. The van der Waals surface area contributed by atoms with Crippen molar-refractivity contribution in [1.82, 2.24) is 15.1 Å². The lowest BCUT2D eigenvalue weighted by atomic mass is 9.69. The third-order valence-corrected chi connectivity index (χ3v) is 10.5. The Morgan fingerprint density at radius 3 is 2.25 bits per heavy atom. The summed E-state index contributed by atoms with van der Waals surface area (Å²) in [6.07, 6.45) is 6.18. The summed E-state index contributed by atoms with van der Waals surface area (Å²) in [4.78, 5) is 38.0. The fourth-order valence-electron chi connectivity index (χ4n) is 7.66. The first-order valence-corrected chi connectivity index (χ1v) is 18.7. The van der Waals surface area contributed by atoms with Crippen molar-refractivity contribution in [2.24, 2.45) is 0 Å². The molecule has 272 valence electrons. The minimum absolute atomic E-state index is 0.0151. The van der Waals surface area contributed by atoms with Gasteiger partial charge in [0.1, 0.15) is 18.1 Å². The van der Waals surface area contributed by atoms with E-state index in [0.717, 1.165) is 30.8 Å². The Morgan fingerprint density at radius 2 is 1.48 bits per heavy atom. The Bertz CT molecular complexity index is 1750. The van der Waals surface area contributed by atoms with Crippen LogP contribution in [0, 0.1) is 0 Å². The SMILES string of the molecule is CN1CCN(CCCCOc2ccc(C3c4ccccc4CCC3c3ccccc3)cc2)CC1.O=CCOc1cccc(C2CCC(=O)NC2=O)c1. The van der Waals surface area contributed by atoms with Gasteiger partial charge >= 0.3 is 0 Å². The molecule has 1 N–H and O–H groups in total. The normalized spacial score (nSPS) is 20.5. The van der Waals surface area contributed by atoms with Crippen LogP contribution < -0.4 is 14.8 Å². The van der Waals surface area contributed by atoms with E-state index in [-0.39, 0.29) is 24.3 Å². The summed E-state index contributed by atoms with van der Waals surface area (Å²) in [5.41, 5.74) is 6.62. The molecule has 0 aromatic heterocycles. The summed E-state index contributed by atoms with van der Waals surface area (Å²) in [6, 6.07) is 36.0. The molecule has 52 heavy (non-hydrogen) atoms. The highest BCUT2D eigenvalue weighted by Crippen LogP contribution is 2.46. The molecule has 2 amide bonds. The maximum Gasteiger partial charge on any atom is 0.234 e. The molecule has 4 aromatic carbocycles. The fraction of sp³-hybridized carbons (Fsp3) is 0.386. The standard InChI is InChI=1S/C31H38N2O.C13H13NO4/c1-32-20-22-33(23-21-32)19-7-8-24-34-28-16-13-27(14-17-28)31-29-12-6-5-11-26(29)15-18-30(31)25-9-3-2-4-10-25;15-6-7-18-10-3-1-2-9(8-10)11-4-5-12(16)14-13(11)17/h2-6,9-14,16-17,30-31H,7-8,15,18-24H2,1H3;1-3,6,8,11H,4-5,7H2,(H,14,16,17). The Hall–Kier alpha value is -4.79. The molecule has 8 heteroatoms.